The Morgan fingerprint density at radius 1 is 1.21 bits per heavy atom. The van der Waals surface area contributed by atoms with Crippen LogP contribution in [0.15, 0.2) is 24.3 Å². The Morgan fingerprint density at radius 3 is 2.38 bits per heavy atom. The first-order valence-electron chi connectivity index (χ1n) is 7.69. The largest absolute Gasteiger partial charge is 0.488 e. The Labute approximate surface area is 140 Å². The molecule has 1 aliphatic rings. The van der Waals surface area contributed by atoms with Gasteiger partial charge in [-0.2, -0.15) is 0 Å². The summed E-state index contributed by atoms with van der Waals surface area (Å²) >= 11 is 0. The minimum atomic E-state index is -0.768. The van der Waals surface area contributed by atoms with Crippen LogP contribution in [0.3, 0.4) is 0 Å². The first kappa shape index (κ1) is 18.0. The number of rotatable bonds is 3. The SMILES string of the molecule is COC(=O)C1C[C@H](Oc2ccc(F)cc2)CN1C(=O)OC(C)(C)C. The van der Waals surface area contributed by atoms with Gasteiger partial charge in [-0.3, -0.25) is 4.90 Å². The van der Waals surface area contributed by atoms with Crippen LogP contribution < -0.4 is 4.74 Å². The molecule has 1 amide bonds. The van der Waals surface area contributed by atoms with Crippen LogP contribution in [-0.4, -0.2) is 48.4 Å². The van der Waals surface area contributed by atoms with Crippen LogP contribution >= 0.6 is 0 Å². The summed E-state index contributed by atoms with van der Waals surface area (Å²) in [5, 5.41) is 0. The minimum absolute atomic E-state index is 0.187. The van der Waals surface area contributed by atoms with Crippen molar-refractivity contribution in [2.45, 2.75) is 44.9 Å². The average molecular weight is 339 g/mol. The molecule has 0 saturated carbocycles. The van der Waals surface area contributed by atoms with Crippen molar-refractivity contribution in [1.29, 1.82) is 0 Å². The smallest absolute Gasteiger partial charge is 0.411 e. The number of nitrogens with zero attached hydrogens (tertiary/aromatic N) is 1. The minimum Gasteiger partial charge on any atom is -0.488 e. The molecule has 0 bridgehead atoms. The number of halogens is 1. The number of benzene rings is 1. The van der Waals surface area contributed by atoms with E-state index >= 15 is 0 Å². The number of carbonyl (C=O) groups excluding carboxylic acids is 2. The number of carbonyl (C=O) groups is 2. The number of likely N-dealkylation sites (tertiary alicyclic amines) is 1. The van der Waals surface area contributed by atoms with Crippen LogP contribution in [0.1, 0.15) is 27.2 Å². The number of esters is 1. The molecule has 2 atom stereocenters. The van der Waals surface area contributed by atoms with Gasteiger partial charge in [0.2, 0.25) is 0 Å². The van der Waals surface area contributed by atoms with Gasteiger partial charge in [-0.25, -0.2) is 14.0 Å². The van der Waals surface area contributed by atoms with Crippen molar-refractivity contribution in [3.05, 3.63) is 30.1 Å². The maximum absolute atomic E-state index is 13.0. The maximum Gasteiger partial charge on any atom is 0.411 e. The first-order valence-corrected chi connectivity index (χ1v) is 7.69. The molecule has 0 radical (unpaired) electrons. The Hall–Kier alpha value is -2.31. The molecule has 0 spiro atoms. The Balaban J connectivity index is 2.09. The van der Waals surface area contributed by atoms with Crippen LogP contribution in [-0.2, 0) is 14.3 Å². The van der Waals surface area contributed by atoms with Gasteiger partial charge in [-0.1, -0.05) is 0 Å². The van der Waals surface area contributed by atoms with E-state index in [1.54, 1.807) is 20.8 Å². The zero-order chi connectivity index (χ0) is 17.9. The zero-order valence-electron chi connectivity index (χ0n) is 14.2. The molecule has 1 saturated heterocycles. The van der Waals surface area contributed by atoms with Crippen LogP contribution in [0.25, 0.3) is 0 Å². The summed E-state index contributed by atoms with van der Waals surface area (Å²) in [5.41, 5.74) is -0.673. The Kier molecular flexibility index (Phi) is 5.31. The van der Waals surface area contributed by atoms with Crippen molar-refractivity contribution in [2.75, 3.05) is 13.7 Å². The fourth-order valence-electron chi connectivity index (χ4n) is 2.47. The van der Waals surface area contributed by atoms with Crippen molar-refractivity contribution in [2.24, 2.45) is 0 Å². The molecule has 0 N–H and O–H groups in total. The summed E-state index contributed by atoms with van der Waals surface area (Å²) in [4.78, 5) is 25.6. The zero-order valence-corrected chi connectivity index (χ0v) is 14.2. The van der Waals surface area contributed by atoms with Gasteiger partial charge in [-0.05, 0) is 45.0 Å². The molecule has 2 rings (SSSR count). The van der Waals surface area contributed by atoms with Gasteiger partial charge in [0.1, 0.15) is 29.3 Å². The molecule has 7 heteroatoms. The third-order valence-electron chi connectivity index (χ3n) is 3.48. The van der Waals surface area contributed by atoms with Crippen molar-refractivity contribution >= 4 is 12.1 Å². The van der Waals surface area contributed by atoms with E-state index in [2.05, 4.69) is 0 Å². The van der Waals surface area contributed by atoms with Gasteiger partial charge >= 0.3 is 12.1 Å². The van der Waals surface area contributed by atoms with E-state index in [-0.39, 0.29) is 18.8 Å². The highest BCUT2D eigenvalue weighted by Gasteiger charge is 2.43. The van der Waals surface area contributed by atoms with E-state index in [0.717, 1.165) is 0 Å². The van der Waals surface area contributed by atoms with Crippen molar-refractivity contribution in [1.82, 2.24) is 4.90 Å². The fourth-order valence-corrected chi connectivity index (χ4v) is 2.47. The molecule has 1 aliphatic heterocycles. The lowest BCUT2D eigenvalue weighted by atomic mass is 10.2. The van der Waals surface area contributed by atoms with Crippen molar-refractivity contribution < 1.29 is 28.2 Å². The lowest BCUT2D eigenvalue weighted by Crippen LogP contribution is -2.44. The highest BCUT2D eigenvalue weighted by molar-refractivity contribution is 5.82. The molecule has 24 heavy (non-hydrogen) atoms. The van der Waals surface area contributed by atoms with E-state index in [1.807, 2.05) is 0 Å². The van der Waals surface area contributed by atoms with Gasteiger partial charge < -0.3 is 14.2 Å². The van der Waals surface area contributed by atoms with Gasteiger partial charge in [-0.15, -0.1) is 0 Å². The van der Waals surface area contributed by atoms with Crippen LogP contribution in [0.5, 0.6) is 5.75 Å². The Morgan fingerprint density at radius 2 is 1.83 bits per heavy atom. The highest BCUT2D eigenvalue weighted by Crippen LogP contribution is 2.26. The second kappa shape index (κ2) is 7.07. The summed E-state index contributed by atoms with van der Waals surface area (Å²) in [6, 6.07) is 4.80. The third kappa shape index (κ3) is 4.59. The first-order chi connectivity index (χ1) is 11.2. The van der Waals surface area contributed by atoms with Crippen LogP contribution in [0, 0.1) is 5.82 Å². The molecule has 1 heterocycles. The summed E-state index contributed by atoms with van der Waals surface area (Å²) in [7, 11) is 1.27. The number of ether oxygens (including phenoxy) is 3. The molecule has 0 aliphatic carbocycles. The van der Waals surface area contributed by atoms with E-state index in [4.69, 9.17) is 14.2 Å². The van der Waals surface area contributed by atoms with E-state index in [9.17, 15) is 14.0 Å². The average Bonchev–Trinajstić information content (AvgIpc) is 2.91. The maximum atomic E-state index is 13.0. The predicted octanol–water partition coefficient (Wildman–Crippen LogP) is 2.76. The third-order valence-corrected chi connectivity index (χ3v) is 3.48. The summed E-state index contributed by atoms with van der Waals surface area (Å²) in [6.45, 7) is 5.44. The number of methoxy groups -OCH3 is 1. The van der Waals surface area contributed by atoms with Gasteiger partial charge in [0, 0.05) is 6.42 Å². The van der Waals surface area contributed by atoms with Gasteiger partial charge in [0.25, 0.3) is 0 Å². The lowest BCUT2D eigenvalue weighted by Gasteiger charge is -2.27. The number of amides is 1. The number of hydrogen-bond donors (Lipinski definition) is 0. The van der Waals surface area contributed by atoms with Crippen LogP contribution in [0.4, 0.5) is 9.18 Å². The van der Waals surface area contributed by atoms with E-state index < -0.39 is 29.8 Å². The molecule has 1 unspecified atom stereocenters. The van der Waals surface area contributed by atoms with Crippen molar-refractivity contribution in [3.63, 3.8) is 0 Å². The lowest BCUT2D eigenvalue weighted by molar-refractivity contribution is -0.145. The standard InChI is InChI=1S/C17H22FNO5/c1-17(2,3)24-16(21)19-10-13(9-14(19)15(20)22-4)23-12-7-5-11(18)6-8-12/h5-8,13-14H,9-10H2,1-4H3/t13-,14?/m0/s1. The Bertz CT molecular complexity index is 596. The predicted molar refractivity (Wildman–Crippen MR) is 84.2 cm³/mol. The fraction of sp³-hybridized carbons (Fsp3) is 0.529. The summed E-state index contributed by atoms with van der Waals surface area (Å²) < 4.78 is 28.8. The second-order valence-electron chi connectivity index (χ2n) is 6.60. The molecular formula is C17H22FNO5. The summed E-state index contributed by atoms with van der Waals surface area (Å²) in [5.74, 6) is -0.418. The molecular weight excluding hydrogens is 317 g/mol. The highest BCUT2D eigenvalue weighted by atomic mass is 19.1. The molecule has 0 aromatic heterocycles. The topological polar surface area (TPSA) is 65.1 Å². The monoisotopic (exact) mass is 339 g/mol. The number of hydrogen-bond acceptors (Lipinski definition) is 5. The molecule has 1 aromatic carbocycles. The molecule has 1 fully saturated rings. The molecule has 132 valence electrons. The summed E-state index contributed by atoms with van der Waals surface area (Å²) in [6.07, 6.45) is -0.723. The molecule has 1 aromatic rings. The van der Waals surface area contributed by atoms with Crippen molar-refractivity contribution in [3.8, 4) is 5.75 Å². The second-order valence-corrected chi connectivity index (χ2v) is 6.60. The molecule has 6 nitrogen and oxygen atoms in total. The normalized spacial score (nSPS) is 20.6. The van der Waals surface area contributed by atoms with Crippen LogP contribution in [0.2, 0.25) is 0 Å². The van der Waals surface area contributed by atoms with E-state index in [0.29, 0.717) is 5.75 Å². The van der Waals surface area contributed by atoms with Gasteiger partial charge in [0.15, 0.2) is 0 Å². The van der Waals surface area contributed by atoms with Gasteiger partial charge in [0.05, 0.1) is 13.7 Å². The quantitative estimate of drug-likeness (QED) is 0.792. The van der Waals surface area contributed by atoms with E-state index in [1.165, 1.54) is 36.3 Å².